The van der Waals surface area contributed by atoms with Gasteiger partial charge in [0.05, 0.1) is 42.5 Å². The summed E-state index contributed by atoms with van der Waals surface area (Å²) in [7, 11) is 2.18. The zero-order chi connectivity index (χ0) is 28.0. The van der Waals surface area contributed by atoms with Crippen molar-refractivity contribution in [2.45, 2.75) is 19.0 Å². The number of carbonyl (C=O) groups is 3. The Kier molecular flexibility index (Phi) is 9.21. The van der Waals surface area contributed by atoms with Crippen molar-refractivity contribution in [1.29, 1.82) is 0 Å². The van der Waals surface area contributed by atoms with Gasteiger partial charge in [0.15, 0.2) is 0 Å². The maximum atomic E-state index is 14.0. The van der Waals surface area contributed by atoms with E-state index >= 15 is 0 Å². The van der Waals surface area contributed by atoms with Gasteiger partial charge in [-0.2, -0.15) is 13.2 Å². The largest absolute Gasteiger partial charge is 0.507 e. The second-order valence-corrected chi connectivity index (χ2v) is 9.17. The van der Waals surface area contributed by atoms with Gasteiger partial charge >= 0.3 is 18.1 Å². The van der Waals surface area contributed by atoms with Crippen molar-refractivity contribution < 1.29 is 42.1 Å². The highest BCUT2D eigenvalue weighted by molar-refractivity contribution is 7.99. The molecule has 12 heteroatoms. The Morgan fingerprint density at radius 1 is 1.05 bits per heavy atom. The molecule has 202 valence electrons. The summed E-state index contributed by atoms with van der Waals surface area (Å²) in [5, 5.41) is 12.4. The molecule has 8 nitrogen and oxygen atoms in total. The van der Waals surface area contributed by atoms with Gasteiger partial charge in [0.2, 0.25) is 0 Å². The minimum absolute atomic E-state index is 0.00139. The van der Waals surface area contributed by atoms with Crippen LogP contribution in [0.25, 0.3) is 0 Å². The number of nitrogens with one attached hydrogen (secondary N) is 1. The van der Waals surface area contributed by atoms with Gasteiger partial charge in [-0.05, 0) is 30.7 Å². The van der Waals surface area contributed by atoms with E-state index in [1.54, 1.807) is 12.1 Å². The number of esters is 2. The Labute approximate surface area is 220 Å². The van der Waals surface area contributed by atoms with Crippen molar-refractivity contribution >= 4 is 35.3 Å². The van der Waals surface area contributed by atoms with Crippen molar-refractivity contribution in [2.24, 2.45) is 10.9 Å². The average molecular weight is 551 g/mol. The van der Waals surface area contributed by atoms with Crippen LogP contribution in [-0.2, 0) is 25.2 Å². The van der Waals surface area contributed by atoms with E-state index in [4.69, 9.17) is 9.47 Å². The Bertz CT molecular complexity index is 1290. The van der Waals surface area contributed by atoms with Crippen molar-refractivity contribution in [1.82, 2.24) is 5.32 Å². The first-order chi connectivity index (χ1) is 18.0. The van der Waals surface area contributed by atoms with E-state index in [9.17, 15) is 32.7 Å². The van der Waals surface area contributed by atoms with Gasteiger partial charge in [0.1, 0.15) is 11.7 Å². The molecule has 2 aromatic rings. The monoisotopic (exact) mass is 550 g/mol. The van der Waals surface area contributed by atoms with Crippen molar-refractivity contribution in [3.63, 3.8) is 0 Å². The number of hydrogen-bond acceptors (Lipinski definition) is 8. The van der Waals surface area contributed by atoms with Crippen LogP contribution in [0.15, 0.2) is 64.8 Å². The van der Waals surface area contributed by atoms with Gasteiger partial charge in [0, 0.05) is 17.4 Å². The number of nitrogens with zero attached hydrogens (tertiary/aromatic N) is 1. The number of aromatic hydroxyl groups is 1. The molecule has 2 atom stereocenters. The molecule has 0 aromatic heterocycles. The molecule has 38 heavy (non-hydrogen) atoms. The molecule has 0 spiro atoms. The Morgan fingerprint density at radius 2 is 1.71 bits per heavy atom. The first-order valence-electron chi connectivity index (χ1n) is 11.3. The third-order valence-corrected chi connectivity index (χ3v) is 6.73. The quantitative estimate of drug-likeness (QED) is 0.286. The first-order valence-corrected chi connectivity index (χ1v) is 12.4. The van der Waals surface area contributed by atoms with Gasteiger partial charge in [-0.25, -0.2) is 4.79 Å². The number of phenolic OH excluding ortho intramolecular Hbond substituents is 1. The number of carbonyl (C=O) groups excluding carboxylic acids is 3. The number of halogens is 3. The summed E-state index contributed by atoms with van der Waals surface area (Å²) in [6, 6.07) is 10.7. The van der Waals surface area contributed by atoms with Crippen LogP contribution in [0.5, 0.6) is 5.75 Å². The normalized spacial score (nSPS) is 17.5. The number of methoxy groups -OCH3 is 2. The van der Waals surface area contributed by atoms with Crippen LogP contribution in [0.2, 0.25) is 0 Å². The minimum atomic E-state index is -4.76. The molecule has 0 fully saturated rings. The number of para-hydroxylation sites is 1. The lowest BCUT2D eigenvalue weighted by Gasteiger charge is -2.33. The second-order valence-electron chi connectivity index (χ2n) is 8.18. The van der Waals surface area contributed by atoms with Crippen LogP contribution in [0, 0.1) is 5.92 Å². The van der Waals surface area contributed by atoms with Crippen LogP contribution in [0.1, 0.15) is 34.3 Å². The smallest absolute Gasteiger partial charge is 0.416 e. The lowest BCUT2D eigenvalue weighted by molar-refractivity contribution is -0.145. The Hall–Kier alpha value is -3.80. The number of benzene rings is 2. The Morgan fingerprint density at radius 3 is 2.34 bits per heavy atom. The number of aliphatic imine (C=N–C) groups is 1. The molecule has 2 unspecified atom stereocenters. The summed E-state index contributed by atoms with van der Waals surface area (Å²) in [6.45, 7) is 1.48. The molecular weight excluding hydrogens is 525 g/mol. The van der Waals surface area contributed by atoms with E-state index in [1.807, 2.05) is 0 Å². The molecule has 1 amide bonds. The van der Waals surface area contributed by atoms with Crippen LogP contribution in [-0.4, -0.2) is 54.5 Å². The van der Waals surface area contributed by atoms with Gasteiger partial charge in [0.25, 0.3) is 5.91 Å². The molecule has 1 heterocycles. The molecule has 1 aliphatic rings. The molecule has 0 radical (unpaired) electrons. The second kappa shape index (κ2) is 12.2. The lowest BCUT2D eigenvalue weighted by Crippen LogP contribution is -2.37. The standard InChI is InChI=1S/C26H25F3N2O6S/c1-14-20(24(34)36-2)21(15-8-4-6-10-17(15)26(27,28)29)22(25(35)37-3)18(31-14)12-38-13-30-23(33)16-9-5-7-11-19(16)32/h4-11,20-21,32H,12-13H2,1-3H3,(H,30,33). The van der Waals surface area contributed by atoms with Crippen LogP contribution in [0.3, 0.4) is 0 Å². The van der Waals surface area contributed by atoms with E-state index < -0.39 is 41.4 Å². The van der Waals surface area contributed by atoms with E-state index in [2.05, 4.69) is 10.3 Å². The third-order valence-electron chi connectivity index (χ3n) is 5.90. The SMILES string of the molecule is COC(=O)C1=C(CSCNC(=O)c2ccccc2O)N=C(C)C(C(=O)OC)C1c1ccccc1C(F)(F)F. The van der Waals surface area contributed by atoms with Crippen LogP contribution in [0.4, 0.5) is 13.2 Å². The predicted octanol–water partition coefficient (Wildman–Crippen LogP) is 4.31. The van der Waals surface area contributed by atoms with Gasteiger partial charge in [-0.1, -0.05) is 30.3 Å². The number of ether oxygens (including phenoxy) is 2. The maximum Gasteiger partial charge on any atom is 0.416 e. The molecule has 0 bridgehead atoms. The number of alkyl halides is 3. The molecule has 1 aliphatic heterocycles. The van der Waals surface area contributed by atoms with E-state index in [1.165, 1.54) is 37.3 Å². The molecule has 3 rings (SSSR count). The number of thioether (sulfide) groups is 1. The zero-order valence-electron chi connectivity index (χ0n) is 20.7. The van der Waals surface area contributed by atoms with Gasteiger partial charge in [-0.15, -0.1) is 11.8 Å². The third kappa shape index (κ3) is 6.18. The number of phenols is 1. The number of rotatable bonds is 8. The topological polar surface area (TPSA) is 114 Å². The highest BCUT2D eigenvalue weighted by atomic mass is 32.2. The first kappa shape index (κ1) is 28.8. The van der Waals surface area contributed by atoms with Crippen molar-refractivity contribution in [3.8, 4) is 5.75 Å². The summed E-state index contributed by atoms with van der Waals surface area (Å²) < 4.78 is 51.7. The Balaban J connectivity index is 1.99. The van der Waals surface area contributed by atoms with Crippen LogP contribution < -0.4 is 5.32 Å². The van der Waals surface area contributed by atoms with Crippen molar-refractivity contribution in [2.75, 3.05) is 25.8 Å². The molecular formula is C26H25F3N2O6S. The summed E-state index contributed by atoms with van der Waals surface area (Å²) >= 11 is 1.12. The number of amides is 1. The van der Waals surface area contributed by atoms with E-state index in [-0.39, 0.29) is 45.5 Å². The number of hydrogen-bond donors (Lipinski definition) is 2. The highest BCUT2D eigenvalue weighted by Crippen LogP contribution is 2.45. The molecule has 0 saturated carbocycles. The zero-order valence-corrected chi connectivity index (χ0v) is 21.5. The van der Waals surface area contributed by atoms with E-state index in [0.29, 0.717) is 0 Å². The fraction of sp³-hybridized carbons (Fsp3) is 0.308. The highest BCUT2D eigenvalue weighted by Gasteiger charge is 2.46. The fourth-order valence-corrected chi connectivity index (χ4v) is 4.96. The average Bonchev–Trinajstić information content (AvgIpc) is 2.89. The fourth-order valence-electron chi connectivity index (χ4n) is 4.21. The molecule has 0 aliphatic carbocycles. The predicted molar refractivity (Wildman–Crippen MR) is 135 cm³/mol. The van der Waals surface area contributed by atoms with Crippen molar-refractivity contribution in [3.05, 3.63) is 76.5 Å². The van der Waals surface area contributed by atoms with Gasteiger partial charge in [-0.3, -0.25) is 14.6 Å². The maximum absolute atomic E-state index is 14.0. The van der Waals surface area contributed by atoms with E-state index in [0.717, 1.165) is 32.0 Å². The molecule has 0 saturated heterocycles. The van der Waals surface area contributed by atoms with Gasteiger partial charge < -0.3 is 19.9 Å². The molecule has 2 N–H and O–H groups in total. The minimum Gasteiger partial charge on any atom is -0.507 e. The van der Waals surface area contributed by atoms with Crippen LogP contribution >= 0.6 is 11.8 Å². The summed E-state index contributed by atoms with van der Waals surface area (Å²) in [5.41, 5.74) is -1.15. The molecule has 2 aromatic carbocycles. The lowest BCUT2D eigenvalue weighted by atomic mass is 9.74. The summed E-state index contributed by atoms with van der Waals surface area (Å²) in [5.74, 6) is -5.17. The summed E-state index contributed by atoms with van der Waals surface area (Å²) in [4.78, 5) is 42.4. The summed E-state index contributed by atoms with van der Waals surface area (Å²) in [6.07, 6.45) is -4.76.